The minimum Gasteiger partial charge on any atom is -0.435 e. The van der Waals surface area contributed by atoms with Gasteiger partial charge in [0.15, 0.2) is 11.3 Å². The molecule has 0 spiro atoms. The van der Waals surface area contributed by atoms with Crippen molar-refractivity contribution in [3.63, 3.8) is 0 Å². The fourth-order valence-corrected chi connectivity index (χ4v) is 10.5. The lowest BCUT2D eigenvalue weighted by molar-refractivity contribution is 0.0447. The molecule has 2 aromatic carbocycles. The second-order valence-electron chi connectivity index (χ2n) is 16.8. The molecule has 2 aliphatic rings. The Morgan fingerprint density at radius 2 is 1.02 bits per heavy atom. The van der Waals surface area contributed by atoms with E-state index in [0.29, 0.717) is 25.0 Å². The number of aromatic nitrogens is 6. The first-order chi connectivity index (χ1) is 29.2. The number of ether oxygens (including phenoxy) is 2. The maximum Gasteiger partial charge on any atom is 0.508 e. The van der Waals surface area contributed by atoms with Crippen LogP contribution in [0.25, 0.3) is 33.4 Å². The van der Waals surface area contributed by atoms with E-state index < -0.39 is 6.16 Å². The maximum absolute atomic E-state index is 11.5. The summed E-state index contributed by atoms with van der Waals surface area (Å²) in [5, 5.41) is 11.7. The smallest absolute Gasteiger partial charge is 0.435 e. The minimum atomic E-state index is -0.580. The van der Waals surface area contributed by atoms with Crippen LogP contribution in [0, 0.1) is 67.2 Å². The van der Waals surface area contributed by atoms with Crippen molar-refractivity contribution in [3.8, 4) is 11.4 Å². The predicted octanol–water partition coefficient (Wildman–Crippen LogP) is 10.4. The lowest BCUT2D eigenvalue weighted by Gasteiger charge is -2.33. The first-order valence-electron chi connectivity index (χ1n) is 21.3. The van der Waals surface area contributed by atoms with E-state index in [4.69, 9.17) is 29.4 Å². The number of nitrogens with zero attached hydrogens (tertiary/aromatic N) is 8. The van der Waals surface area contributed by atoms with Crippen LogP contribution in [0.2, 0.25) is 0 Å². The van der Waals surface area contributed by atoms with Crippen molar-refractivity contribution in [1.29, 1.82) is 0 Å². The molecule has 0 unspecified atom stereocenters. The first kappa shape index (κ1) is 44.5. The van der Waals surface area contributed by atoms with Crippen LogP contribution in [-0.4, -0.2) is 86.3 Å². The molecular weight excluding hydrogens is 900 g/mol. The van der Waals surface area contributed by atoms with E-state index in [0.717, 1.165) is 117 Å². The number of aliphatic hydroxyl groups is 1. The zero-order valence-corrected chi connectivity index (χ0v) is 40.1. The molecule has 0 atom stereocenters. The molecule has 0 amide bonds. The number of aliphatic hydroxyl groups excluding tert-OH is 1. The third-order valence-electron chi connectivity index (χ3n) is 12.0. The van der Waals surface area contributed by atoms with E-state index in [1.165, 1.54) is 33.5 Å². The number of aryl methyl sites for hydroxylation is 8. The minimum absolute atomic E-state index is 0.281. The number of fused-ring (bicyclic) bond motifs is 2. The van der Waals surface area contributed by atoms with Gasteiger partial charge in [-0.3, -0.25) is 0 Å². The highest BCUT2D eigenvalue weighted by Crippen LogP contribution is 2.37. The molecule has 6 aromatic rings. The van der Waals surface area contributed by atoms with E-state index >= 15 is 0 Å². The summed E-state index contributed by atoms with van der Waals surface area (Å²) in [6.45, 7) is 23.1. The number of hydrogen-bond donors (Lipinski definition) is 1. The Kier molecular flexibility index (Phi) is 13.7. The van der Waals surface area contributed by atoms with Crippen molar-refractivity contribution in [1.82, 2.24) is 29.1 Å². The molecule has 12 nitrogen and oxygen atoms in total. The van der Waals surface area contributed by atoms with Gasteiger partial charge in [0.2, 0.25) is 0 Å². The quantitative estimate of drug-likeness (QED) is 0.148. The molecule has 0 aliphatic carbocycles. The fraction of sp³-hybridized carbons (Fsp3) is 0.468. The zero-order valence-electron chi connectivity index (χ0n) is 36.9. The summed E-state index contributed by atoms with van der Waals surface area (Å²) in [6, 6.07) is 8.58. The molecule has 2 aliphatic heterocycles. The number of benzene rings is 2. The van der Waals surface area contributed by atoms with Gasteiger partial charge >= 0.3 is 6.16 Å². The average molecular weight is 959 g/mol. The maximum atomic E-state index is 11.5. The Balaban J connectivity index is 0.000000186. The van der Waals surface area contributed by atoms with Crippen LogP contribution in [0.5, 0.6) is 0 Å². The van der Waals surface area contributed by atoms with Gasteiger partial charge in [-0.05, 0) is 157 Å². The molecule has 61 heavy (non-hydrogen) atoms. The highest BCUT2D eigenvalue weighted by molar-refractivity contribution is 9.10. The highest BCUT2D eigenvalue weighted by atomic mass is 79.9. The molecule has 14 heteroatoms. The van der Waals surface area contributed by atoms with Crippen molar-refractivity contribution in [2.24, 2.45) is 11.8 Å². The Bertz CT molecular complexity index is 2520. The van der Waals surface area contributed by atoms with E-state index in [1.807, 2.05) is 13.8 Å². The van der Waals surface area contributed by atoms with Gasteiger partial charge in [0.25, 0.3) is 0 Å². The lowest BCUT2D eigenvalue weighted by Crippen LogP contribution is -2.36. The summed E-state index contributed by atoms with van der Waals surface area (Å²) in [7, 11) is 0. The van der Waals surface area contributed by atoms with E-state index in [-0.39, 0.29) is 6.61 Å². The Morgan fingerprint density at radius 1 is 0.623 bits per heavy atom. The SMILES string of the molecule is CCOC(=O)OCC1CCN(c2nc(C)nc3c2c(C)cn3-c2c(C)cc(Br)cc2C)CC1.Cc1nc(N2CCC(CO)CC2)c2c(C)cn(-c3c(C)cc(Br)cc3C)c2n1. The lowest BCUT2D eigenvalue weighted by atomic mass is 9.97. The van der Waals surface area contributed by atoms with Crippen LogP contribution >= 0.6 is 31.9 Å². The molecular formula is C47H58Br2N8O4. The molecule has 0 saturated carbocycles. The standard InChI is InChI=1S/C25H31BrN4O3.C22H27BrN4O/c1-6-32-25(31)33-14-19-7-9-29(10-8-19)23-21-17(4)13-30(24(21)28-18(5)27-23)22-15(2)11-20(26)12-16(22)3;1-13-9-18(23)10-14(2)20(13)27-11-15(3)19-21(24-16(4)25-22(19)27)26-7-5-17(12-28)6-8-26/h11-13,19H,6-10,14H2,1-5H3;9-11,17,28H,5-8,12H2,1-4H3. The molecule has 1 N–H and O–H groups in total. The third kappa shape index (κ3) is 9.46. The molecule has 8 rings (SSSR count). The number of halogens is 2. The summed E-state index contributed by atoms with van der Waals surface area (Å²) in [5.41, 5.74) is 11.4. The molecule has 2 saturated heterocycles. The van der Waals surface area contributed by atoms with Crippen molar-refractivity contribution in [3.05, 3.63) is 90.6 Å². The zero-order chi connectivity index (χ0) is 43.7. The Morgan fingerprint density at radius 3 is 1.39 bits per heavy atom. The molecule has 0 bridgehead atoms. The van der Waals surface area contributed by atoms with Crippen molar-refractivity contribution >= 4 is 71.7 Å². The van der Waals surface area contributed by atoms with Gasteiger partial charge in [0.1, 0.15) is 23.3 Å². The molecule has 2 fully saturated rings. The largest absolute Gasteiger partial charge is 0.508 e. The second-order valence-corrected chi connectivity index (χ2v) is 18.6. The number of hydrogen-bond acceptors (Lipinski definition) is 10. The monoisotopic (exact) mass is 956 g/mol. The second kappa shape index (κ2) is 18.8. The molecule has 324 valence electrons. The van der Waals surface area contributed by atoms with Gasteiger partial charge in [0.05, 0.1) is 35.4 Å². The van der Waals surface area contributed by atoms with Crippen molar-refractivity contribution in [2.45, 2.75) is 88.0 Å². The van der Waals surface area contributed by atoms with Gasteiger partial charge in [-0.15, -0.1) is 0 Å². The number of carbonyl (C=O) groups is 1. The number of carbonyl (C=O) groups excluding carboxylic acids is 1. The average Bonchev–Trinajstić information content (AvgIpc) is 3.71. The number of rotatable bonds is 8. The molecule has 0 radical (unpaired) electrons. The summed E-state index contributed by atoms with van der Waals surface area (Å²) in [6.07, 6.45) is 7.67. The van der Waals surface area contributed by atoms with Crippen LogP contribution in [0.1, 0.15) is 77.6 Å². The summed E-state index contributed by atoms with van der Waals surface area (Å²) >= 11 is 7.21. The van der Waals surface area contributed by atoms with Gasteiger partial charge in [0, 0.05) is 54.1 Å². The van der Waals surface area contributed by atoms with Crippen LogP contribution in [0.4, 0.5) is 16.4 Å². The van der Waals surface area contributed by atoms with E-state index in [9.17, 15) is 9.90 Å². The van der Waals surface area contributed by atoms with Crippen LogP contribution in [0.3, 0.4) is 0 Å². The summed E-state index contributed by atoms with van der Waals surface area (Å²) in [5.74, 6) is 4.32. The fourth-order valence-electron chi connectivity index (χ4n) is 9.13. The number of piperidine rings is 2. The van der Waals surface area contributed by atoms with Crippen molar-refractivity contribution < 1.29 is 19.4 Å². The third-order valence-corrected chi connectivity index (χ3v) is 13.0. The van der Waals surface area contributed by atoms with Gasteiger partial charge < -0.3 is 33.5 Å². The van der Waals surface area contributed by atoms with Crippen LogP contribution in [0.15, 0.2) is 45.6 Å². The normalized spacial score (nSPS) is 15.1. The Labute approximate surface area is 376 Å². The van der Waals surface area contributed by atoms with Gasteiger partial charge in [-0.1, -0.05) is 31.9 Å². The van der Waals surface area contributed by atoms with Gasteiger partial charge in [-0.25, -0.2) is 24.7 Å². The summed E-state index contributed by atoms with van der Waals surface area (Å²) in [4.78, 5) is 35.6. The first-order valence-corrected chi connectivity index (χ1v) is 22.9. The predicted molar refractivity (Wildman–Crippen MR) is 251 cm³/mol. The van der Waals surface area contributed by atoms with Crippen molar-refractivity contribution in [2.75, 3.05) is 55.8 Å². The summed E-state index contributed by atoms with van der Waals surface area (Å²) < 4.78 is 16.7. The van der Waals surface area contributed by atoms with E-state index in [1.54, 1.807) is 6.92 Å². The van der Waals surface area contributed by atoms with E-state index in [2.05, 4.69) is 129 Å². The molecule has 6 heterocycles. The van der Waals surface area contributed by atoms with Crippen LogP contribution < -0.4 is 9.80 Å². The topological polar surface area (TPSA) is 124 Å². The van der Waals surface area contributed by atoms with Gasteiger partial charge in [-0.2, -0.15) is 0 Å². The molecule has 4 aromatic heterocycles. The van der Waals surface area contributed by atoms with Crippen LogP contribution in [-0.2, 0) is 9.47 Å². The Hall–Kier alpha value is -4.53. The number of anilines is 2. The highest BCUT2D eigenvalue weighted by Gasteiger charge is 2.27.